The van der Waals surface area contributed by atoms with Gasteiger partial charge in [-0.1, -0.05) is 61.6 Å². The Labute approximate surface area is 88.7 Å². The number of hydrogen-bond donors (Lipinski definition) is 0. The molecule has 1 rings (SSSR count). The van der Waals surface area contributed by atoms with Gasteiger partial charge >= 0.3 is 0 Å². The summed E-state index contributed by atoms with van der Waals surface area (Å²) in [6, 6.07) is 10.9. The molecule has 1 heteroatoms. The minimum absolute atomic E-state index is 0.766. The Morgan fingerprint density at radius 1 is 1.29 bits per heavy atom. The fourth-order valence-electron chi connectivity index (χ4n) is 1.70. The van der Waals surface area contributed by atoms with Gasteiger partial charge in [0.1, 0.15) is 0 Å². The zero-order valence-electron chi connectivity index (χ0n) is 9.46. The van der Waals surface area contributed by atoms with Gasteiger partial charge in [0.05, 0.1) is 8.07 Å². The van der Waals surface area contributed by atoms with Gasteiger partial charge in [-0.2, -0.15) is 0 Å². The second-order valence-corrected chi connectivity index (χ2v) is 9.52. The average Bonchev–Trinajstić information content (AvgIpc) is 2.19. The molecule has 0 aliphatic heterocycles. The van der Waals surface area contributed by atoms with Crippen molar-refractivity contribution in [2.45, 2.75) is 32.0 Å². The maximum atomic E-state index is 3.83. The first-order valence-corrected chi connectivity index (χ1v) is 8.33. The Morgan fingerprint density at radius 2 is 1.86 bits per heavy atom. The molecule has 0 radical (unpaired) electrons. The minimum Gasteiger partial charge on any atom is -0.103 e. The summed E-state index contributed by atoms with van der Waals surface area (Å²) in [7, 11) is -1.28. The van der Waals surface area contributed by atoms with Gasteiger partial charge in [0.2, 0.25) is 0 Å². The van der Waals surface area contributed by atoms with Crippen molar-refractivity contribution in [1.82, 2.24) is 0 Å². The first kappa shape index (κ1) is 11.3. The van der Waals surface area contributed by atoms with Crippen LogP contribution in [0.5, 0.6) is 0 Å². The van der Waals surface area contributed by atoms with E-state index < -0.39 is 8.07 Å². The van der Waals surface area contributed by atoms with Gasteiger partial charge in [-0.25, -0.2) is 0 Å². The molecule has 0 N–H and O–H groups in total. The lowest BCUT2D eigenvalue weighted by Crippen LogP contribution is -2.44. The Balaban J connectivity index is 2.89. The van der Waals surface area contributed by atoms with Crippen LogP contribution >= 0.6 is 0 Å². The quantitative estimate of drug-likeness (QED) is 0.519. The molecular formula is C13H20Si. The van der Waals surface area contributed by atoms with E-state index in [1.54, 1.807) is 5.19 Å². The van der Waals surface area contributed by atoms with Crippen LogP contribution in [0.25, 0.3) is 0 Å². The second-order valence-electron chi connectivity index (χ2n) is 4.51. The predicted molar refractivity (Wildman–Crippen MR) is 67.8 cm³/mol. The molecule has 1 atom stereocenters. The fourth-order valence-corrected chi connectivity index (χ4v) is 4.07. The summed E-state index contributed by atoms with van der Waals surface area (Å²) in [5, 5.41) is 1.55. The van der Waals surface area contributed by atoms with Crippen molar-refractivity contribution in [3.63, 3.8) is 0 Å². The smallest absolute Gasteiger partial charge is 0.0837 e. The number of rotatable bonds is 4. The third-order valence-corrected chi connectivity index (χ3v) is 7.79. The molecule has 1 aromatic rings. The van der Waals surface area contributed by atoms with E-state index in [1.165, 1.54) is 0 Å². The van der Waals surface area contributed by atoms with E-state index in [9.17, 15) is 0 Å². The van der Waals surface area contributed by atoms with Gasteiger partial charge in [0, 0.05) is 0 Å². The molecule has 0 bridgehead atoms. The molecule has 0 amide bonds. The first-order chi connectivity index (χ1) is 6.59. The molecule has 0 aromatic heterocycles. The molecule has 0 aliphatic rings. The lowest BCUT2D eigenvalue weighted by atomic mass is 10.3. The standard InChI is InChI=1S/C13H20Si/c1-5-9-12(2)14(3,4)13-10-7-6-8-11-13/h5-8,10-12H,1,9H2,2-4H3/t12-/m0/s1. The van der Waals surface area contributed by atoms with Crippen LogP contribution in [-0.2, 0) is 0 Å². The van der Waals surface area contributed by atoms with Crippen LogP contribution < -0.4 is 5.19 Å². The van der Waals surface area contributed by atoms with Crippen molar-refractivity contribution >= 4 is 13.3 Å². The fraction of sp³-hybridized carbons (Fsp3) is 0.385. The Kier molecular flexibility index (Phi) is 3.70. The molecule has 76 valence electrons. The van der Waals surface area contributed by atoms with Crippen LogP contribution in [0.15, 0.2) is 43.0 Å². The molecule has 0 spiro atoms. The molecule has 0 heterocycles. The van der Waals surface area contributed by atoms with Gasteiger partial charge < -0.3 is 0 Å². The lowest BCUT2D eigenvalue weighted by Gasteiger charge is -2.29. The van der Waals surface area contributed by atoms with Crippen LogP contribution in [0.1, 0.15) is 13.3 Å². The van der Waals surface area contributed by atoms with Crippen LogP contribution in [0, 0.1) is 0 Å². The highest BCUT2D eigenvalue weighted by Gasteiger charge is 2.28. The molecule has 0 fully saturated rings. The third kappa shape index (κ3) is 2.35. The molecule has 14 heavy (non-hydrogen) atoms. The largest absolute Gasteiger partial charge is 0.103 e. The van der Waals surface area contributed by atoms with E-state index in [1.807, 2.05) is 6.08 Å². The Bertz CT molecular complexity index is 287. The average molecular weight is 204 g/mol. The maximum Gasteiger partial charge on any atom is 0.0837 e. The summed E-state index contributed by atoms with van der Waals surface area (Å²) < 4.78 is 0. The number of benzene rings is 1. The first-order valence-electron chi connectivity index (χ1n) is 5.25. The van der Waals surface area contributed by atoms with Gasteiger partial charge in [-0.3, -0.25) is 0 Å². The summed E-state index contributed by atoms with van der Waals surface area (Å²) in [4.78, 5) is 0. The highest BCUT2D eigenvalue weighted by Crippen LogP contribution is 2.24. The predicted octanol–water partition coefficient (Wildman–Crippen LogP) is 3.57. The molecule has 0 saturated heterocycles. The van der Waals surface area contributed by atoms with Crippen molar-refractivity contribution in [1.29, 1.82) is 0 Å². The van der Waals surface area contributed by atoms with Gasteiger partial charge in [-0.15, -0.1) is 6.58 Å². The topological polar surface area (TPSA) is 0 Å². The summed E-state index contributed by atoms with van der Waals surface area (Å²) in [5.74, 6) is 0. The summed E-state index contributed by atoms with van der Waals surface area (Å²) in [5.41, 5.74) is 0.766. The summed E-state index contributed by atoms with van der Waals surface area (Å²) in [6.45, 7) is 11.1. The SMILES string of the molecule is C=CC[C@H](C)[Si](C)(C)c1ccccc1. The van der Waals surface area contributed by atoms with E-state index in [4.69, 9.17) is 0 Å². The molecule has 0 unspecified atom stereocenters. The van der Waals surface area contributed by atoms with Gasteiger partial charge in [0.25, 0.3) is 0 Å². The monoisotopic (exact) mass is 204 g/mol. The summed E-state index contributed by atoms with van der Waals surface area (Å²) >= 11 is 0. The minimum atomic E-state index is -1.28. The van der Waals surface area contributed by atoms with Crippen molar-refractivity contribution < 1.29 is 0 Å². The van der Waals surface area contributed by atoms with E-state index in [-0.39, 0.29) is 0 Å². The van der Waals surface area contributed by atoms with E-state index in [0.29, 0.717) is 0 Å². The van der Waals surface area contributed by atoms with Crippen molar-refractivity contribution in [2.75, 3.05) is 0 Å². The van der Waals surface area contributed by atoms with E-state index in [0.717, 1.165) is 12.0 Å². The van der Waals surface area contributed by atoms with Crippen LogP contribution in [-0.4, -0.2) is 8.07 Å². The highest BCUT2D eigenvalue weighted by molar-refractivity contribution is 6.90. The highest BCUT2D eigenvalue weighted by atomic mass is 28.3. The van der Waals surface area contributed by atoms with Crippen LogP contribution in [0.4, 0.5) is 0 Å². The molecule has 0 aliphatic carbocycles. The molecule has 0 saturated carbocycles. The lowest BCUT2D eigenvalue weighted by molar-refractivity contribution is 0.913. The van der Waals surface area contributed by atoms with Crippen molar-refractivity contribution in [2.24, 2.45) is 0 Å². The third-order valence-electron chi connectivity index (χ3n) is 3.27. The maximum absolute atomic E-state index is 3.83. The number of hydrogen-bond acceptors (Lipinski definition) is 0. The summed E-state index contributed by atoms with van der Waals surface area (Å²) in [6.07, 6.45) is 3.18. The zero-order valence-corrected chi connectivity index (χ0v) is 10.5. The van der Waals surface area contributed by atoms with Crippen molar-refractivity contribution in [3.8, 4) is 0 Å². The Hall–Kier alpha value is -0.823. The van der Waals surface area contributed by atoms with Crippen molar-refractivity contribution in [3.05, 3.63) is 43.0 Å². The van der Waals surface area contributed by atoms with E-state index >= 15 is 0 Å². The Morgan fingerprint density at radius 3 is 2.36 bits per heavy atom. The van der Waals surface area contributed by atoms with Gasteiger partial charge in [0.15, 0.2) is 0 Å². The molecular weight excluding hydrogens is 184 g/mol. The molecule has 0 nitrogen and oxygen atoms in total. The molecule has 1 aromatic carbocycles. The second kappa shape index (κ2) is 4.60. The van der Waals surface area contributed by atoms with Gasteiger partial charge in [-0.05, 0) is 12.0 Å². The number of allylic oxidation sites excluding steroid dienone is 1. The normalized spacial score (nSPS) is 13.6. The van der Waals surface area contributed by atoms with E-state index in [2.05, 4.69) is 56.9 Å². The van der Waals surface area contributed by atoms with Crippen LogP contribution in [0.2, 0.25) is 18.6 Å². The zero-order chi connectivity index (χ0) is 10.6. The van der Waals surface area contributed by atoms with Crippen LogP contribution in [0.3, 0.4) is 0 Å².